The highest BCUT2D eigenvalue weighted by Gasteiger charge is 2.14. The molecule has 1 rings (SSSR count). The van der Waals surface area contributed by atoms with Crippen molar-refractivity contribution in [3.8, 4) is 11.5 Å². The lowest BCUT2D eigenvalue weighted by molar-refractivity contribution is -0.139. The van der Waals surface area contributed by atoms with Gasteiger partial charge >= 0.3 is 12.6 Å². The second-order valence-corrected chi connectivity index (χ2v) is 3.36. The van der Waals surface area contributed by atoms with E-state index < -0.39 is 24.9 Å². The SMILES string of the molecule is COc1ccc(OC(F)F)c(NC(=O)CC(=O)O)c1. The van der Waals surface area contributed by atoms with Crippen LogP contribution in [0.1, 0.15) is 6.42 Å². The predicted molar refractivity (Wildman–Crippen MR) is 60.5 cm³/mol. The number of rotatable bonds is 6. The fourth-order valence-electron chi connectivity index (χ4n) is 1.26. The number of hydrogen-bond acceptors (Lipinski definition) is 4. The van der Waals surface area contributed by atoms with Crippen molar-refractivity contribution in [1.29, 1.82) is 0 Å². The topological polar surface area (TPSA) is 84.9 Å². The zero-order chi connectivity index (χ0) is 14.4. The van der Waals surface area contributed by atoms with Crippen LogP contribution in [0.25, 0.3) is 0 Å². The van der Waals surface area contributed by atoms with Crippen molar-refractivity contribution in [2.45, 2.75) is 13.0 Å². The molecule has 0 spiro atoms. The molecule has 8 heteroatoms. The molecule has 0 aliphatic carbocycles. The van der Waals surface area contributed by atoms with Gasteiger partial charge in [0.1, 0.15) is 17.9 Å². The number of nitrogens with one attached hydrogen (secondary N) is 1. The van der Waals surface area contributed by atoms with Crippen molar-refractivity contribution >= 4 is 17.6 Å². The molecule has 0 saturated heterocycles. The number of carbonyl (C=O) groups excluding carboxylic acids is 1. The van der Waals surface area contributed by atoms with Gasteiger partial charge in [0.15, 0.2) is 0 Å². The molecule has 0 unspecified atom stereocenters. The molecule has 1 aromatic rings. The Morgan fingerprint density at radius 1 is 1.42 bits per heavy atom. The van der Waals surface area contributed by atoms with Gasteiger partial charge in [-0.15, -0.1) is 0 Å². The van der Waals surface area contributed by atoms with Crippen molar-refractivity contribution < 1.29 is 33.0 Å². The molecule has 2 N–H and O–H groups in total. The van der Waals surface area contributed by atoms with Crippen molar-refractivity contribution in [3.63, 3.8) is 0 Å². The first-order chi connectivity index (χ1) is 8.92. The minimum atomic E-state index is -3.07. The van der Waals surface area contributed by atoms with E-state index in [1.54, 1.807) is 0 Å². The van der Waals surface area contributed by atoms with Crippen LogP contribution in [-0.4, -0.2) is 30.7 Å². The van der Waals surface area contributed by atoms with Crippen LogP contribution in [0.5, 0.6) is 11.5 Å². The van der Waals surface area contributed by atoms with Crippen LogP contribution in [0.15, 0.2) is 18.2 Å². The zero-order valence-corrected chi connectivity index (χ0v) is 9.85. The lowest BCUT2D eigenvalue weighted by Crippen LogP contribution is -2.17. The van der Waals surface area contributed by atoms with Gasteiger partial charge in [0.25, 0.3) is 0 Å². The summed E-state index contributed by atoms with van der Waals surface area (Å²) in [6, 6.07) is 3.80. The summed E-state index contributed by atoms with van der Waals surface area (Å²) in [7, 11) is 1.35. The summed E-state index contributed by atoms with van der Waals surface area (Å²) >= 11 is 0. The number of alkyl halides is 2. The van der Waals surface area contributed by atoms with Crippen LogP contribution in [0.2, 0.25) is 0 Å². The molecule has 0 heterocycles. The van der Waals surface area contributed by atoms with E-state index in [2.05, 4.69) is 10.1 Å². The summed E-state index contributed by atoms with van der Waals surface area (Å²) in [6.45, 7) is -3.07. The van der Waals surface area contributed by atoms with Gasteiger partial charge in [0, 0.05) is 6.07 Å². The molecule has 1 aromatic carbocycles. The molecule has 0 atom stereocenters. The number of aliphatic carboxylic acids is 1. The Morgan fingerprint density at radius 2 is 2.11 bits per heavy atom. The van der Waals surface area contributed by atoms with Gasteiger partial charge in [-0.1, -0.05) is 0 Å². The molecule has 0 radical (unpaired) electrons. The number of halogens is 2. The van der Waals surface area contributed by atoms with Gasteiger partial charge in [0.05, 0.1) is 12.8 Å². The molecule has 104 valence electrons. The number of methoxy groups -OCH3 is 1. The van der Waals surface area contributed by atoms with Crippen molar-refractivity contribution in [2.75, 3.05) is 12.4 Å². The quantitative estimate of drug-likeness (QED) is 0.772. The summed E-state index contributed by atoms with van der Waals surface area (Å²) in [4.78, 5) is 21.6. The van der Waals surface area contributed by atoms with Gasteiger partial charge in [-0.25, -0.2) is 0 Å². The molecule has 0 aromatic heterocycles. The number of amides is 1. The van der Waals surface area contributed by atoms with Crippen molar-refractivity contribution in [2.24, 2.45) is 0 Å². The third kappa shape index (κ3) is 4.78. The van der Waals surface area contributed by atoms with E-state index in [9.17, 15) is 18.4 Å². The molecule has 0 fully saturated rings. The Morgan fingerprint density at radius 3 is 2.63 bits per heavy atom. The lowest BCUT2D eigenvalue weighted by Gasteiger charge is -2.12. The molecule has 1 amide bonds. The number of benzene rings is 1. The van der Waals surface area contributed by atoms with E-state index in [-0.39, 0.29) is 11.4 Å². The van der Waals surface area contributed by atoms with Crippen molar-refractivity contribution in [3.05, 3.63) is 18.2 Å². The van der Waals surface area contributed by atoms with Gasteiger partial charge < -0.3 is 19.9 Å². The molecule has 0 bridgehead atoms. The molecule has 6 nitrogen and oxygen atoms in total. The van der Waals surface area contributed by atoms with Crippen LogP contribution in [0, 0.1) is 0 Å². The van der Waals surface area contributed by atoms with E-state index in [1.165, 1.54) is 25.3 Å². The number of anilines is 1. The van der Waals surface area contributed by atoms with Gasteiger partial charge in [-0.2, -0.15) is 8.78 Å². The monoisotopic (exact) mass is 275 g/mol. The van der Waals surface area contributed by atoms with Crippen LogP contribution in [0.3, 0.4) is 0 Å². The largest absolute Gasteiger partial charge is 0.497 e. The fourth-order valence-corrected chi connectivity index (χ4v) is 1.26. The van der Waals surface area contributed by atoms with E-state index in [0.29, 0.717) is 5.75 Å². The Labute approximate surface area is 106 Å². The minimum absolute atomic E-state index is 0.0918. The van der Waals surface area contributed by atoms with Gasteiger partial charge in [-0.05, 0) is 12.1 Å². The van der Waals surface area contributed by atoms with Crippen LogP contribution < -0.4 is 14.8 Å². The summed E-state index contributed by atoms with van der Waals surface area (Å²) in [5, 5.41) is 10.6. The van der Waals surface area contributed by atoms with Crippen LogP contribution in [0.4, 0.5) is 14.5 Å². The van der Waals surface area contributed by atoms with Crippen molar-refractivity contribution in [1.82, 2.24) is 0 Å². The summed E-state index contributed by atoms with van der Waals surface area (Å²) in [6.07, 6.45) is -0.786. The van der Waals surface area contributed by atoms with E-state index >= 15 is 0 Å². The molecular weight excluding hydrogens is 264 g/mol. The van der Waals surface area contributed by atoms with Crippen LogP contribution >= 0.6 is 0 Å². The lowest BCUT2D eigenvalue weighted by atomic mass is 10.2. The Hall–Kier alpha value is -2.38. The molecule has 0 aliphatic heterocycles. The fraction of sp³-hybridized carbons (Fsp3) is 0.273. The van der Waals surface area contributed by atoms with Gasteiger partial charge in [-0.3, -0.25) is 9.59 Å². The van der Waals surface area contributed by atoms with Gasteiger partial charge in [0.2, 0.25) is 5.91 Å². The maximum atomic E-state index is 12.2. The second-order valence-electron chi connectivity index (χ2n) is 3.36. The second kappa shape index (κ2) is 6.53. The maximum Gasteiger partial charge on any atom is 0.387 e. The first kappa shape index (κ1) is 14.7. The highest BCUT2D eigenvalue weighted by atomic mass is 19.3. The Kier molecular flexibility index (Phi) is 5.04. The first-order valence-corrected chi connectivity index (χ1v) is 5.07. The van der Waals surface area contributed by atoms with E-state index in [4.69, 9.17) is 9.84 Å². The van der Waals surface area contributed by atoms with E-state index in [0.717, 1.165) is 0 Å². The first-order valence-electron chi connectivity index (χ1n) is 5.07. The summed E-state index contributed by atoms with van der Waals surface area (Å²) < 4.78 is 33.4. The zero-order valence-electron chi connectivity index (χ0n) is 9.85. The summed E-state index contributed by atoms with van der Waals surface area (Å²) in [5.41, 5.74) is -0.0918. The number of carbonyl (C=O) groups is 2. The highest BCUT2D eigenvalue weighted by molar-refractivity contribution is 6.02. The number of carboxylic acids is 1. The Bertz CT molecular complexity index is 478. The normalized spacial score (nSPS) is 10.1. The summed E-state index contributed by atoms with van der Waals surface area (Å²) in [5.74, 6) is -2.18. The number of hydrogen-bond donors (Lipinski definition) is 2. The standard InChI is InChI=1S/C11H11F2NO5/c1-18-6-2-3-8(19-11(12)13)7(4-6)14-9(15)5-10(16)17/h2-4,11H,5H2,1H3,(H,14,15)(H,16,17). The predicted octanol–water partition coefficient (Wildman–Crippen LogP) is 1.71. The average molecular weight is 275 g/mol. The third-order valence-corrected chi connectivity index (χ3v) is 1.99. The molecule has 0 saturated carbocycles. The molecule has 19 heavy (non-hydrogen) atoms. The maximum absolute atomic E-state index is 12.2. The number of carboxylic acid groups (broad SMARTS) is 1. The smallest absolute Gasteiger partial charge is 0.387 e. The third-order valence-electron chi connectivity index (χ3n) is 1.99. The molecule has 0 aliphatic rings. The number of ether oxygens (including phenoxy) is 2. The Balaban J connectivity index is 2.93. The minimum Gasteiger partial charge on any atom is -0.497 e. The molecular formula is C11H11F2NO5. The average Bonchev–Trinajstić information content (AvgIpc) is 2.29. The highest BCUT2D eigenvalue weighted by Crippen LogP contribution is 2.30. The van der Waals surface area contributed by atoms with E-state index in [1.807, 2.05) is 0 Å². The van der Waals surface area contributed by atoms with Crippen LogP contribution in [-0.2, 0) is 9.59 Å².